The molecule has 5 rings (SSSR count). The zero-order valence-corrected chi connectivity index (χ0v) is 15.9. The number of aromatic nitrogens is 3. The van der Waals surface area contributed by atoms with Gasteiger partial charge in [0.15, 0.2) is 0 Å². The molecule has 0 unspecified atom stereocenters. The third-order valence-corrected chi connectivity index (χ3v) is 5.84. The van der Waals surface area contributed by atoms with E-state index in [2.05, 4.69) is 28.3 Å². The number of nitrogens with zero attached hydrogens (tertiary/aromatic N) is 4. The van der Waals surface area contributed by atoms with E-state index in [0.717, 1.165) is 34.6 Å². The van der Waals surface area contributed by atoms with E-state index in [1.54, 1.807) is 10.9 Å². The van der Waals surface area contributed by atoms with Crippen LogP contribution in [0.4, 0.5) is 5.82 Å². The summed E-state index contributed by atoms with van der Waals surface area (Å²) in [5.41, 5.74) is 11.0. The summed E-state index contributed by atoms with van der Waals surface area (Å²) >= 11 is 0. The second kappa shape index (κ2) is 6.05. The van der Waals surface area contributed by atoms with Crippen LogP contribution in [0.15, 0.2) is 48.7 Å². The second-order valence-electron chi connectivity index (χ2n) is 7.43. The van der Waals surface area contributed by atoms with E-state index in [9.17, 15) is 4.79 Å². The first-order chi connectivity index (χ1) is 13.5. The third kappa shape index (κ3) is 2.37. The smallest absolute Gasteiger partial charge is 0.254 e. The summed E-state index contributed by atoms with van der Waals surface area (Å²) in [5.74, 6) is 0.463. The number of hydrogen-bond acceptors (Lipinski definition) is 4. The van der Waals surface area contributed by atoms with Crippen LogP contribution in [0, 0.1) is 0 Å². The quantitative estimate of drug-likeness (QED) is 0.585. The summed E-state index contributed by atoms with van der Waals surface area (Å²) in [7, 11) is 3.76. The number of anilines is 1. The molecule has 4 aromatic rings. The zero-order chi connectivity index (χ0) is 19.4. The molecule has 0 saturated carbocycles. The Kier molecular flexibility index (Phi) is 3.62. The fourth-order valence-corrected chi connectivity index (χ4v) is 4.37. The Morgan fingerprint density at radius 2 is 2.04 bits per heavy atom. The van der Waals surface area contributed by atoms with Crippen molar-refractivity contribution in [3.8, 4) is 0 Å². The Morgan fingerprint density at radius 1 is 1.21 bits per heavy atom. The predicted octanol–water partition coefficient (Wildman–Crippen LogP) is 3.46. The normalized spacial score (nSPS) is 15.9. The molecule has 0 saturated heterocycles. The summed E-state index contributed by atoms with van der Waals surface area (Å²) in [6, 6.07) is 14.1. The lowest BCUT2D eigenvalue weighted by Gasteiger charge is -2.25. The lowest BCUT2D eigenvalue weighted by molar-refractivity contribution is 0.0731. The van der Waals surface area contributed by atoms with Gasteiger partial charge in [-0.1, -0.05) is 24.3 Å². The molecule has 1 aliphatic rings. The van der Waals surface area contributed by atoms with Crippen LogP contribution in [0.3, 0.4) is 0 Å². The van der Waals surface area contributed by atoms with Gasteiger partial charge in [0, 0.05) is 25.0 Å². The van der Waals surface area contributed by atoms with E-state index in [-0.39, 0.29) is 11.9 Å². The molecule has 0 bridgehead atoms. The van der Waals surface area contributed by atoms with Crippen molar-refractivity contribution in [3.05, 3.63) is 65.4 Å². The van der Waals surface area contributed by atoms with Crippen molar-refractivity contribution in [1.29, 1.82) is 0 Å². The van der Waals surface area contributed by atoms with Crippen molar-refractivity contribution < 1.29 is 4.79 Å². The maximum Gasteiger partial charge on any atom is 0.254 e. The van der Waals surface area contributed by atoms with Gasteiger partial charge in [0.05, 0.1) is 28.7 Å². The van der Waals surface area contributed by atoms with E-state index in [0.29, 0.717) is 11.4 Å². The number of pyridine rings is 1. The van der Waals surface area contributed by atoms with Gasteiger partial charge in [-0.3, -0.25) is 9.48 Å². The van der Waals surface area contributed by atoms with Crippen LogP contribution < -0.4 is 5.73 Å². The number of amides is 1. The van der Waals surface area contributed by atoms with Gasteiger partial charge in [-0.15, -0.1) is 0 Å². The average Bonchev–Trinajstić information content (AvgIpc) is 3.31. The van der Waals surface area contributed by atoms with Crippen molar-refractivity contribution in [2.75, 3.05) is 12.8 Å². The van der Waals surface area contributed by atoms with E-state index in [1.165, 1.54) is 11.1 Å². The van der Waals surface area contributed by atoms with E-state index in [4.69, 9.17) is 5.73 Å². The van der Waals surface area contributed by atoms with Gasteiger partial charge in [0.25, 0.3) is 5.91 Å². The average molecular weight is 371 g/mol. The topological polar surface area (TPSA) is 77.0 Å². The van der Waals surface area contributed by atoms with Gasteiger partial charge in [-0.25, -0.2) is 4.98 Å². The highest BCUT2D eigenvalue weighted by Crippen LogP contribution is 2.36. The SMILES string of the molecule is CN(C(=O)c1ccc2nc(N)c3cnn(C)c3c2c1)[C@H]1CCc2ccccc21. The number of nitrogen functional groups attached to an aromatic ring is 1. The van der Waals surface area contributed by atoms with Gasteiger partial charge >= 0.3 is 0 Å². The summed E-state index contributed by atoms with van der Waals surface area (Å²) in [5, 5.41) is 5.99. The molecule has 2 aromatic heterocycles. The fourth-order valence-electron chi connectivity index (χ4n) is 4.37. The van der Waals surface area contributed by atoms with Gasteiger partial charge < -0.3 is 10.6 Å². The second-order valence-corrected chi connectivity index (χ2v) is 7.43. The Balaban J connectivity index is 1.58. The number of fused-ring (bicyclic) bond motifs is 4. The molecule has 0 fully saturated rings. The molecule has 1 atom stereocenters. The van der Waals surface area contributed by atoms with E-state index < -0.39 is 0 Å². The summed E-state index contributed by atoms with van der Waals surface area (Å²) in [6.07, 6.45) is 3.68. The molecule has 6 heteroatoms. The molecule has 1 amide bonds. The van der Waals surface area contributed by atoms with Crippen molar-refractivity contribution >= 4 is 33.5 Å². The minimum absolute atomic E-state index is 0.00995. The van der Waals surface area contributed by atoms with Crippen LogP contribution in [0.5, 0.6) is 0 Å². The first-order valence-electron chi connectivity index (χ1n) is 9.40. The highest BCUT2D eigenvalue weighted by Gasteiger charge is 2.29. The van der Waals surface area contributed by atoms with Gasteiger partial charge in [-0.2, -0.15) is 5.10 Å². The lowest BCUT2D eigenvalue weighted by Crippen LogP contribution is -2.30. The Labute approximate surface area is 162 Å². The van der Waals surface area contributed by atoms with Gasteiger partial charge in [-0.05, 0) is 42.2 Å². The first kappa shape index (κ1) is 16.7. The van der Waals surface area contributed by atoms with Gasteiger partial charge in [0.1, 0.15) is 5.82 Å². The molecule has 1 aliphatic carbocycles. The van der Waals surface area contributed by atoms with Crippen molar-refractivity contribution in [2.45, 2.75) is 18.9 Å². The molecular weight excluding hydrogens is 350 g/mol. The third-order valence-electron chi connectivity index (χ3n) is 5.84. The Hall–Kier alpha value is -3.41. The predicted molar refractivity (Wildman–Crippen MR) is 110 cm³/mol. The lowest BCUT2D eigenvalue weighted by atomic mass is 10.0. The maximum absolute atomic E-state index is 13.3. The minimum atomic E-state index is 0.00995. The summed E-state index contributed by atoms with van der Waals surface area (Å²) < 4.78 is 1.78. The number of nitrogens with two attached hydrogens (primary N) is 1. The first-order valence-corrected chi connectivity index (χ1v) is 9.40. The number of carbonyl (C=O) groups is 1. The number of rotatable bonds is 2. The molecule has 0 radical (unpaired) electrons. The molecule has 0 aliphatic heterocycles. The van der Waals surface area contributed by atoms with Crippen molar-refractivity contribution in [1.82, 2.24) is 19.7 Å². The minimum Gasteiger partial charge on any atom is -0.383 e. The highest BCUT2D eigenvalue weighted by atomic mass is 16.2. The Bertz CT molecular complexity index is 1240. The highest BCUT2D eigenvalue weighted by molar-refractivity contribution is 6.10. The summed E-state index contributed by atoms with van der Waals surface area (Å²) in [4.78, 5) is 19.6. The van der Waals surface area contributed by atoms with E-state index >= 15 is 0 Å². The molecular formula is C22H21N5O. The molecule has 0 spiro atoms. The van der Waals surface area contributed by atoms with Crippen molar-refractivity contribution in [2.24, 2.45) is 7.05 Å². The van der Waals surface area contributed by atoms with Gasteiger partial charge in [0.2, 0.25) is 0 Å². The summed E-state index contributed by atoms with van der Waals surface area (Å²) in [6.45, 7) is 0. The van der Waals surface area contributed by atoms with E-state index in [1.807, 2.05) is 43.3 Å². The largest absolute Gasteiger partial charge is 0.383 e. The monoisotopic (exact) mass is 371 g/mol. The van der Waals surface area contributed by atoms with Crippen molar-refractivity contribution in [3.63, 3.8) is 0 Å². The number of carbonyl (C=O) groups excluding carboxylic acids is 1. The molecule has 6 nitrogen and oxygen atoms in total. The standard InChI is InChI=1S/C22H21N5O/c1-26(19-10-8-13-5-3-4-6-15(13)19)22(28)14-7-9-18-16(11-14)20-17(21(23)25-18)12-24-27(20)2/h3-7,9,11-12,19H,8,10H2,1-2H3,(H2,23,25)/t19-/m0/s1. The number of hydrogen-bond donors (Lipinski definition) is 1. The Morgan fingerprint density at radius 3 is 2.89 bits per heavy atom. The van der Waals surface area contributed by atoms with Crippen LogP contribution >= 0.6 is 0 Å². The van der Waals surface area contributed by atoms with Crippen LogP contribution in [0.2, 0.25) is 0 Å². The zero-order valence-electron chi connectivity index (χ0n) is 15.9. The number of aryl methyl sites for hydroxylation is 2. The van der Waals surface area contributed by atoms with Crippen LogP contribution in [-0.2, 0) is 13.5 Å². The van der Waals surface area contributed by atoms with Crippen LogP contribution in [0.1, 0.15) is 33.9 Å². The van der Waals surface area contributed by atoms with Crippen LogP contribution in [-0.4, -0.2) is 32.6 Å². The fraction of sp³-hybridized carbons (Fsp3) is 0.227. The molecule has 28 heavy (non-hydrogen) atoms. The molecule has 2 heterocycles. The molecule has 140 valence electrons. The maximum atomic E-state index is 13.3. The molecule has 2 aromatic carbocycles. The number of benzene rings is 2. The molecule has 2 N–H and O–H groups in total. The van der Waals surface area contributed by atoms with Crippen LogP contribution in [0.25, 0.3) is 21.8 Å².